The van der Waals surface area contributed by atoms with Crippen LogP contribution in [0.5, 0.6) is 0 Å². The van der Waals surface area contributed by atoms with Crippen molar-refractivity contribution >= 4 is 39.2 Å². The van der Waals surface area contributed by atoms with Gasteiger partial charge in [-0.1, -0.05) is 28.1 Å². The Bertz CT molecular complexity index is 745. The number of carbonyl (C=O) groups is 2. The topological polar surface area (TPSA) is 78.4 Å². The lowest BCUT2D eigenvalue weighted by molar-refractivity contribution is -0.116. The zero-order valence-corrected chi connectivity index (χ0v) is 12.3. The average Bonchev–Trinajstić information content (AvgIpc) is 2.75. The Kier molecular flexibility index (Phi) is 3.39. The summed E-state index contributed by atoms with van der Waals surface area (Å²) in [6, 6.07) is 11.4. The minimum atomic E-state index is -1.04. The molecule has 1 aliphatic heterocycles. The highest BCUT2D eigenvalue weighted by Gasteiger charge is 2.31. The molecule has 0 fully saturated rings. The Morgan fingerprint density at radius 3 is 2.76 bits per heavy atom. The first-order valence-electron chi connectivity index (χ1n) is 6.25. The number of hydrogen-bond donors (Lipinski definition) is 3. The van der Waals surface area contributed by atoms with Gasteiger partial charge in [-0.05, 0) is 30.3 Å². The highest BCUT2D eigenvalue weighted by molar-refractivity contribution is 9.10. The predicted octanol–water partition coefficient (Wildman–Crippen LogP) is 3.25. The van der Waals surface area contributed by atoms with Crippen LogP contribution < -0.4 is 10.6 Å². The lowest BCUT2D eigenvalue weighted by Gasteiger charge is -2.15. The van der Waals surface area contributed by atoms with Gasteiger partial charge in [0.2, 0.25) is 0 Å². The zero-order valence-electron chi connectivity index (χ0n) is 10.8. The number of para-hydroxylation sites is 1. The van der Waals surface area contributed by atoms with Gasteiger partial charge in [-0.25, -0.2) is 4.79 Å². The third kappa shape index (κ3) is 2.50. The van der Waals surface area contributed by atoms with Crippen LogP contribution in [0.15, 0.2) is 46.9 Å². The maximum atomic E-state index is 12.1. The normalized spacial score (nSPS) is 16.2. The summed E-state index contributed by atoms with van der Waals surface area (Å²) in [6.07, 6.45) is 0. The van der Waals surface area contributed by atoms with Crippen LogP contribution in [-0.2, 0) is 4.79 Å². The van der Waals surface area contributed by atoms with Crippen LogP contribution in [0, 0.1) is 0 Å². The molecule has 2 aromatic carbocycles. The lowest BCUT2D eigenvalue weighted by Crippen LogP contribution is -2.21. The van der Waals surface area contributed by atoms with Gasteiger partial charge in [0.05, 0.1) is 5.56 Å². The van der Waals surface area contributed by atoms with Crippen molar-refractivity contribution in [2.24, 2.45) is 0 Å². The summed E-state index contributed by atoms with van der Waals surface area (Å²) in [6.45, 7) is 0. The summed E-state index contributed by atoms with van der Waals surface area (Å²) in [7, 11) is 0. The number of anilines is 2. The standard InChI is InChI=1S/C15H11BrN2O3/c16-8-5-6-12-10(7-8)13(14(19)18-12)17-11-4-2-1-3-9(11)15(20)21/h1-7,13,17H,(H,18,19)(H,20,21). The average molecular weight is 347 g/mol. The van der Waals surface area contributed by atoms with E-state index in [-0.39, 0.29) is 11.5 Å². The first-order valence-corrected chi connectivity index (χ1v) is 7.05. The van der Waals surface area contributed by atoms with Crippen LogP contribution in [0.2, 0.25) is 0 Å². The summed E-state index contributed by atoms with van der Waals surface area (Å²) < 4.78 is 0.857. The van der Waals surface area contributed by atoms with Crippen LogP contribution in [0.1, 0.15) is 22.0 Å². The van der Waals surface area contributed by atoms with Crippen molar-refractivity contribution in [3.8, 4) is 0 Å². The van der Waals surface area contributed by atoms with Gasteiger partial charge in [0, 0.05) is 21.4 Å². The van der Waals surface area contributed by atoms with Gasteiger partial charge < -0.3 is 15.7 Å². The van der Waals surface area contributed by atoms with Gasteiger partial charge in [0.25, 0.3) is 5.91 Å². The van der Waals surface area contributed by atoms with E-state index in [1.54, 1.807) is 18.2 Å². The molecule has 0 saturated heterocycles. The Labute approximate surface area is 129 Å². The van der Waals surface area contributed by atoms with E-state index in [1.807, 2.05) is 18.2 Å². The number of halogens is 1. The summed E-state index contributed by atoms with van der Waals surface area (Å²) in [5.41, 5.74) is 2.06. The number of rotatable bonds is 3. The fourth-order valence-corrected chi connectivity index (χ4v) is 2.71. The van der Waals surface area contributed by atoms with Crippen LogP contribution in [0.25, 0.3) is 0 Å². The third-order valence-electron chi connectivity index (χ3n) is 3.30. The number of carboxylic acid groups (broad SMARTS) is 1. The molecule has 106 valence electrons. The molecule has 2 aromatic rings. The molecule has 5 nitrogen and oxygen atoms in total. The molecule has 0 bridgehead atoms. The molecule has 21 heavy (non-hydrogen) atoms. The molecule has 1 aliphatic rings. The summed E-state index contributed by atoms with van der Waals surface area (Å²) in [5, 5.41) is 15.0. The molecule has 0 aromatic heterocycles. The molecule has 0 saturated carbocycles. The van der Waals surface area contributed by atoms with Gasteiger partial charge in [-0.15, -0.1) is 0 Å². The summed E-state index contributed by atoms with van der Waals surface area (Å²) in [5.74, 6) is -1.24. The number of carbonyl (C=O) groups excluding carboxylic acids is 1. The van der Waals surface area contributed by atoms with Crippen molar-refractivity contribution in [1.82, 2.24) is 0 Å². The zero-order chi connectivity index (χ0) is 15.0. The number of hydrogen-bond acceptors (Lipinski definition) is 3. The Morgan fingerprint density at radius 1 is 1.24 bits per heavy atom. The first kappa shape index (κ1) is 13.6. The number of amides is 1. The van der Waals surface area contributed by atoms with Crippen LogP contribution in [0.3, 0.4) is 0 Å². The minimum Gasteiger partial charge on any atom is -0.478 e. The Morgan fingerprint density at radius 2 is 2.00 bits per heavy atom. The van der Waals surface area contributed by atoms with Crippen LogP contribution >= 0.6 is 15.9 Å². The van der Waals surface area contributed by atoms with Gasteiger partial charge in [0.15, 0.2) is 0 Å². The second-order valence-electron chi connectivity index (χ2n) is 4.65. The number of fused-ring (bicyclic) bond motifs is 1. The van der Waals surface area contributed by atoms with Gasteiger partial charge in [-0.3, -0.25) is 4.79 Å². The van der Waals surface area contributed by atoms with Crippen molar-refractivity contribution in [2.45, 2.75) is 6.04 Å². The van der Waals surface area contributed by atoms with Crippen molar-refractivity contribution < 1.29 is 14.7 Å². The molecular formula is C15H11BrN2O3. The fourth-order valence-electron chi connectivity index (χ4n) is 2.33. The molecule has 6 heteroatoms. The molecule has 1 amide bonds. The van der Waals surface area contributed by atoms with Crippen molar-refractivity contribution in [2.75, 3.05) is 10.6 Å². The monoisotopic (exact) mass is 346 g/mol. The molecule has 1 heterocycles. The largest absolute Gasteiger partial charge is 0.478 e. The smallest absolute Gasteiger partial charge is 0.337 e. The van der Waals surface area contributed by atoms with Gasteiger partial charge in [-0.2, -0.15) is 0 Å². The number of benzene rings is 2. The third-order valence-corrected chi connectivity index (χ3v) is 3.80. The van der Waals surface area contributed by atoms with E-state index in [0.717, 1.165) is 15.7 Å². The molecule has 1 unspecified atom stereocenters. The molecule has 3 rings (SSSR count). The Hall–Kier alpha value is -2.34. The highest BCUT2D eigenvalue weighted by atomic mass is 79.9. The molecule has 0 spiro atoms. The second kappa shape index (κ2) is 5.21. The van der Waals surface area contributed by atoms with E-state index in [4.69, 9.17) is 0 Å². The number of nitrogens with one attached hydrogen (secondary N) is 2. The maximum Gasteiger partial charge on any atom is 0.337 e. The summed E-state index contributed by atoms with van der Waals surface area (Å²) in [4.78, 5) is 23.3. The molecule has 0 aliphatic carbocycles. The van der Waals surface area contributed by atoms with E-state index in [1.165, 1.54) is 6.07 Å². The van der Waals surface area contributed by atoms with E-state index < -0.39 is 12.0 Å². The number of aromatic carboxylic acids is 1. The van der Waals surface area contributed by atoms with E-state index in [0.29, 0.717) is 5.69 Å². The Balaban J connectivity index is 1.98. The van der Waals surface area contributed by atoms with Gasteiger partial charge >= 0.3 is 5.97 Å². The molecule has 3 N–H and O–H groups in total. The highest BCUT2D eigenvalue weighted by Crippen LogP contribution is 2.35. The van der Waals surface area contributed by atoms with Crippen LogP contribution in [-0.4, -0.2) is 17.0 Å². The lowest BCUT2D eigenvalue weighted by atomic mass is 10.1. The first-order chi connectivity index (χ1) is 10.1. The van der Waals surface area contributed by atoms with Crippen molar-refractivity contribution in [3.05, 3.63) is 58.1 Å². The molecular weight excluding hydrogens is 336 g/mol. The van der Waals surface area contributed by atoms with Crippen LogP contribution in [0.4, 0.5) is 11.4 Å². The second-order valence-corrected chi connectivity index (χ2v) is 5.56. The quantitative estimate of drug-likeness (QED) is 0.796. The van der Waals surface area contributed by atoms with E-state index >= 15 is 0 Å². The maximum absolute atomic E-state index is 12.1. The van der Waals surface area contributed by atoms with E-state index in [2.05, 4.69) is 26.6 Å². The molecule has 1 atom stereocenters. The fraction of sp³-hybridized carbons (Fsp3) is 0.0667. The predicted molar refractivity (Wildman–Crippen MR) is 82.5 cm³/mol. The number of carboxylic acids is 1. The minimum absolute atomic E-state index is 0.133. The SMILES string of the molecule is O=C(O)c1ccccc1NC1C(=O)Nc2ccc(Br)cc21. The molecule has 0 radical (unpaired) electrons. The summed E-state index contributed by atoms with van der Waals surface area (Å²) >= 11 is 3.37. The van der Waals surface area contributed by atoms with Crippen molar-refractivity contribution in [3.63, 3.8) is 0 Å². The van der Waals surface area contributed by atoms with Gasteiger partial charge in [0.1, 0.15) is 6.04 Å². The van der Waals surface area contributed by atoms with E-state index in [9.17, 15) is 14.7 Å². The van der Waals surface area contributed by atoms with Crippen molar-refractivity contribution in [1.29, 1.82) is 0 Å².